The Morgan fingerprint density at radius 3 is 1.90 bits per heavy atom. The van der Waals surface area contributed by atoms with Gasteiger partial charge in [0, 0.05) is 0 Å². The highest BCUT2D eigenvalue weighted by atomic mass is 17.1. The molecule has 0 rings (SSSR count). The number of hydrogen-bond acceptors (Lipinski definition) is 7. The monoisotopic (exact) mass is 154 g/mol. The highest BCUT2D eigenvalue weighted by Crippen LogP contribution is 2.05. The quantitative estimate of drug-likeness (QED) is 0.163. The van der Waals surface area contributed by atoms with Gasteiger partial charge >= 0.3 is 11.8 Å². The van der Waals surface area contributed by atoms with Crippen LogP contribution < -0.4 is 0 Å². The lowest BCUT2D eigenvalue weighted by Crippen LogP contribution is -2.50. The first kappa shape index (κ1) is 9.27. The van der Waals surface area contributed by atoms with Crippen LogP contribution >= 0.6 is 0 Å². The van der Waals surface area contributed by atoms with E-state index in [1.54, 1.807) is 0 Å². The van der Waals surface area contributed by atoms with E-state index in [1.807, 2.05) is 0 Å². The number of rotatable bonds is 2. The summed E-state index contributed by atoms with van der Waals surface area (Å²) >= 11 is 0. The highest BCUT2D eigenvalue weighted by molar-refractivity contribution is 5.76. The summed E-state index contributed by atoms with van der Waals surface area (Å²) < 4.78 is 0. The smallest absolute Gasteiger partial charge is 0.363 e. The Morgan fingerprint density at radius 2 is 1.80 bits per heavy atom. The first-order chi connectivity index (χ1) is 4.42. The van der Waals surface area contributed by atoms with E-state index in [0.717, 1.165) is 0 Å². The van der Waals surface area contributed by atoms with E-state index in [9.17, 15) is 4.79 Å². The Balaban J connectivity index is 4.24. The summed E-state index contributed by atoms with van der Waals surface area (Å²) in [4.78, 5) is 12.8. The topological polar surface area (TPSA) is 127 Å². The second kappa shape index (κ2) is 2.90. The van der Waals surface area contributed by atoms with E-state index >= 15 is 0 Å². The lowest BCUT2D eigenvalue weighted by molar-refractivity contribution is -0.319. The van der Waals surface area contributed by atoms with Crippen molar-refractivity contribution in [3.8, 4) is 0 Å². The van der Waals surface area contributed by atoms with Gasteiger partial charge in [-0.15, -0.1) is 0 Å². The molecule has 0 saturated heterocycles. The normalized spacial score (nSPS) is 11.8. The second-order valence-corrected chi connectivity index (χ2v) is 1.48. The van der Waals surface area contributed by atoms with Crippen molar-refractivity contribution >= 4 is 5.97 Å². The second-order valence-electron chi connectivity index (χ2n) is 1.48. The van der Waals surface area contributed by atoms with Crippen LogP contribution in [0.4, 0.5) is 0 Å². The van der Waals surface area contributed by atoms with E-state index in [1.165, 1.54) is 0 Å². The van der Waals surface area contributed by atoms with Crippen molar-refractivity contribution in [3.63, 3.8) is 0 Å². The number of hydrogen-bond donors (Lipinski definition) is 5. The molecule has 0 unspecified atom stereocenters. The summed E-state index contributed by atoms with van der Waals surface area (Å²) in [5.41, 5.74) is 0. The molecule has 0 heterocycles. The zero-order chi connectivity index (χ0) is 8.36. The highest BCUT2D eigenvalue weighted by Gasteiger charge is 2.43. The van der Waals surface area contributed by atoms with Crippen LogP contribution in [0.1, 0.15) is 0 Å². The molecule has 0 amide bonds. The van der Waals surface area contributed by atoms with E-state index in [4.69, 9.17) is 25.7 Å². The molecule has 0 bridgehead atoms. The lowest BCUT2D eigenvalue weighted by atomic mass is 10.3. The van der Waals surface area contributed by atoms with Crippen LogP contribution in [-0.4, -0.2) is 43.7 Å². The molecule has 5 N–H and O–H groups in total. The molecule has 0 radical (unpaired) electrons. The predicted molar refractivity (Wildman–Crippen MR) is 24.1 cm³/mol. The maximum Gasteiger partial charge on any atom is 0.406 e. The molecular formula is C3H6O7. The average Bonchev–Trinajstić information content (AvgIpc) is 1.86. The van der Waals surface area contributed by atoms with Crippen LogP contribution in [0.25, 0.3) is 0 Å². The first-order valence-electron chi connectivity index (χ1n) is 2.09. The molecule has 7 heteroatoms. The molecule has 0 fully saturated rings. The van der Waals surface area contributed by atoms with E-state index in [2.05, 4.69) is 4.89 Å². The summed E-state index contributed by atoms with van der Waals surface area (Å²) in [5, 5.41) is 40.1. The first-order valence-corrected chi connectivity index (χ1v) is 2.09. The predicted octanol–water partition coefficient (Wildman–Crippen LogP) is -3.01. The van der Waals surface area contributed by atoms with Crippen LogP contribution in [0.3, 0.4) is 0 Å². The van der Waals surface area contributed by atoms with Gasteiger partial charge < -0.3 is 20.4 Å². The van der Waals surface area contributed by atoms with Crippen LogP contribution in [0, 0.1) is 0 Å². The van der Waals surface area contributed by atoms with Crippen molar-refractivity contribution in [1.82, 2.24) is 0 Å². The van der Waals surface area contributed by atoms with E-state index in [-0.39, 0.29) is 0 Å². The zero-order valence-corrected chi connectivity index (χ0v) is 4.63. The standard InChI is InChI=1S/C3H6O7/c4-1(5)3(7,8)2(6)10-9/h1,4-5,7-9H. The molecular weight excluding hydrogens is 148 g/mol. The molecule has 0 aromatic heterocycles. The molecule has 0 spiro atoms. The average molecular weight is 154 g/mol. The Morgan fingerprint density at radius 1 is 1.40 bits per heavy atom. The number of aliphatic hydroxyl groups excluding tert-OH is 1. The van der Waals surface area contributed by atoms with Crippen molar-refractivity contribution < 1.29 is 35.4 Å². The minimum atomic E-state index is -3.49. The van der Waals surface area contributed by atoms with Crippen molar-refractivity contribution in [2.24, 2.45) is 0 Å². The molecule has 60 valence electrons. The fourth-order valence-electron chi connectivity index (χ4n) is 0.173. The van der Waals surface area contributed by atoms with Gasteiger partial charge in [-0.2, -0.15) is 5.26 Å². The fourth-order valence-corrected chi connectivity index (χ4v) is 0.173. The van der Waals surface area contributed by atoms with E-state index in [0.29, 0.717) is 0 Å². The van der Waals surface area contributed by atoms with Crippen molar-refractivity contribution in [1.29, 1.82) is 0 Å². The Hall–Kier alpha value is -0.730. The number of carbonyl (C=O) groups is 1. The SMILES string of the molecule is O=C(OO)C(O)(O)C(O)O. The van der Waals surface area contributed by atoms with Gasteiger partial charge in [0.25, 0.3) is 0 Å². The maximum absolute atomic E-state index is 9.98. The third kappa shape index (κ3) is 1.62. The van der Waals surface area contributed by atoms with E-state index < -0.39 is 18.0 Å². The molecule has 0 aromatic carbocycles. The zero-order valence-electron chi connectivity index (χ0n) is 4.63. The van der Waals surface area contributed by atoms with Gasteiger partial charge in [0.2, 0.25) is 6.29 Å². The summed E-state index contributed by atoms with van der Waals surface area (Å²) in [5.74, 6) is -5.46. The molecule has 10 heavy (non-hydrogen) atoms. The van der Waals surface area contributed by atoms with Crippen LogP contribution in [0.2, 0.25) is 0 Å². The largest absolute Gasteiger partial charge is 0.406 e. The van der Waals surface area contributed by atoms with Crippen LogP contribution in [0.15, 0.2) is 0 Å². The molecule has 0 aromatic rings. The molecule has 0 saturated carbocycles. The maximum atomic E-state index is 9.98. The summed E-state index contributed by atoms with van der Waals surface area (Å²) in [6, 6.07) is 0. The molecule has 7 nitrogen and oxygen atoms in total. The van der Waals surface area contributed by atoms with Gasteiger partial charge in [-0.05, 0) is 0 Å². The summed E-state index contributed by atoms with van der Waals surface area (Å²) in [6.45, 7) is 0. The summed E-state index contributed by atoms with van der Waals surface area (Å²) in [7, 11) is 0. The molecule has 0 aliphatic heterocycles. The Bertz CT molecular complexity index is 127. The minimum absolute atomic E-state index is 1.97. The minimum Gasteiger partial charge on any atom is -0.363 e. The van der Waals surface area contributed by atoms with Crippen LogP contribution in [-0.2, 0) is 9.68 Å². The van der Waals surface area contributed by atoms with Gasteiger partial charge in [0.15, 0.2) is 0 Å². The summed E-state index contributed by atoms with van der Waals surface area (Å²) in [6.07, 6.45) is -2.73. The Kier molecular flexibility index (Phi) is 2.69. The van der Waals surface area contributed by atoms with Crippen LogP contribution in [0.5, 0.6) is 0 Å². The third-order valence-electron chi connectivity index (χ3n) is 0.743. The fraction of sp³-hybridized carbons (Fsp3) is 0.667. The van der Waals surface area contributed by atoms with Crippen molar-refractivity contribution in [3.05, 3.63) is 0 Å². The molecule has 0 aliphatic rings. The van der Waals surface area contributed by atoms with Gasteiger partial charge in [-0.25, -0.2) is 4.79 Å². The van der Waals surface area contributed by atoms with Crippen molar-refractivity contribution in [2.75, 3.05) is 0 Å². The lowest BCUT2D eigenvalue weighted by Gasteiger charge is -2.18. The number of aliphatic hydroxyl groups is 4. The molecule has 0 aliphatic carbocycles. The van der Waals surface area contributed by atoms with Gasteiger partial charge in [0.05, 0.1) is 0 Å². The van der Waals surface area contributed by atoms with Gasteiger partial charge in [-0.3, -0.25) is 4.89 Å². The molecule has 0 atom stereocenters. The van der Waals surface area contributed by atoms with Crippen molar-refractivity contribution in [2.45, 2.75) is 12.1 Å². The third-order valence-corrected chi connectivity index (χ3v) is 0.743. The van der Waals surface area contributed by atoms with Gasteiger partial charge in [-0.1, -0.05) is 0 Å². The number of carbonyl (C=O) groups excluding carboxylic acids is 1. The Labute approximate surface area is 54.6 Å². The van der Waals surface area contributed by atoms with Gasteiger partial charge in [0.1, 0.15) is 0 Å².